The molecule has 0 spiro atoms. The smallest absolute Gasteiger partial charge is 0.348 e. The van der Waals surface area contributed by atoms with Gasteiger partial charge in [-0.1, -0.05) is 30.3 Å². The van der Waals surface area contributed by atoms with Crippen LogP contribution in [-0.2, 0) is 10.5 Å². The number of carbonyl (C=O) groups excluding carboxylic acids is 1. The summed E-state index contributed by atoms with van der Waals surface area (Å²) < 4.78 is 5.63. The molecule has 1 aromatic heterocycles. The third-order valence-corrected chi connectivity index (χ3v) is 4.83. The molecule has 0 aliphatic carbocycles. The highest BCUT2D eigenvalue weighted by Gasteiger charge is 2.13. The Labute approximate surface area is 114 Å². The molecule has 2 N–H and O–H groups in total. The maximum absolute atomic E-state index is 11.4. The molecule has 18 heavy (non-hydrogen) atoms. The maximum Gasteiger partial charge on any atom is 0.348 e. The molecule has 94 valence electrons. The molecule has 0 aliphatic heterocycles. The highest BCUT2D eigenvalue weighted by Crippen LogP contribution is 2.36. The van der Waals surface area contributed by atoms with Crippen molar-refractivity contribution in [1.29, 1.82) is 0 Å². The zero-order valence-electron chi connectivity index (χ0n) is 9.88. The Kier molecular flexibility index (Phi) is 4.28. The molecule has 3 nitrogen and oxygen atoms in total. The molecule has 0 radical (unpaired) electrons. The number of carbonyl (C=O) groups is 1. The van der Waals surface area contributed by atoms with Crippen LogP contribution in [0.15, 0.2) is 40.6 Å². The first-order chi connectivity index (χ1) is 8.70. The van der Waals surface area contributed by atoms with E-state index in [-0.39, 0.29) is 5.97 Å². The van der Waals surface area contributed by atoms with Crippen LogP contribution in [0.2, 0.25) is 0 Å². The lowest BCUT2D eigenvalue weighted by molar-refractivity contribution is 0.0606. The minimum atomic E-state index is -0.335. The molecule has 0 aliphatic rings. The first-order valence-electron chi connectivity index (χ1n) is 5.35. The molecule has 2 rings (SSSR count). The van der Waals surface area contributed by atoms with Crippen LogP contribution in [0.4, 0.5) is 5.69 Å². The molecule has 2 aromatic rings. The summed E-state index contributed by atoms with van der Waals surface area (Å²) in [6, 6.07) is 11.8. The second-order valence-corrected chi connectivity index (χ2v) is 5.92. The molecular formula is C13H13NO2S2. The number of anilines is 1. The van der Waals surface area contributed by atoms with E-state index in [9.17, 15) is 4.79 Å². The van der Waals surface area contributed by atoms with Gasteiger partial charge in [0.2, 0.25) is 0 Å². The van der Waals surface area contributed by atoms with E-state index in [1.807, 2.05) is 18.2 Å². The Bertz CT molecular complexity index is 537. The Balaban J connectivity index is 2.06. The lowest BCUT2D eigenvalue weighted by atomic mass is 10.2. The fourth-order valence-electron chi connectivity index (χ4n) is 1.43. The molecule has 0 bridgehead atoms. The van der Waals surface area contributed by atoms with Gasteiger partial charge >= 0.3 is 5.97 Å². The number of methoxy groups -OCH3 is 1. The zero-order valence-corrected chi connectivity index (χ0v) is 11.5. The summed E-state index contributed by atoms with van der Waals surface area (Å²) in [5, 5.41) is 0. The van der Waals surface area contributed by atoms with Crippen molar-refractivity contribution in [3.05, 3.63) is 46.8 Å². The second kappa shape index (κ2) is 5.93. The third kappa shape index (κ3) is 3.05. The number of hydrogen-bond donors (Lipinski definition) is 1. The first kappa shape index (κ1) is 13.0. The summed E-state index contributed by atoms with van der Waals surface area (Å²) in [5.74, 6) is 0.505. The zero-order chi connectivity index (χ0) is 13.0. The van der Waals surface area contributed by atoms with E-state index in [0.29, 0.717) is 10.6 Å². The predicted octanol–water partition coefficient (Wildman–Crippen LogP) is 3.41. The number of nitrogens with two attached hydrogens (primary N) is 1. The van der Waals surface area contributed by atoms with Crippen LogP contribution in [0.25, 0.3) is 0 Å². The van der Waals surface area contributed by atoms with Gasteiger partial charge in [-0.3, -0.25) is 0 Å². The van der Waals surface area contributed by atoms with Crippen LogP contribution < -0.4 is 5.73 Å². The topological polar surface area (TPSA) is 52.3 Å². The number of rotatable bonds is 4. The van der Waals surface area contributed by atoms with Crippen molar-refractivity contribution in [2.75, 3.05) is 12.8 Å². The van der Waals surface area contributed by atoms with Gasteiger partial charge in [-0.05, 0) is 11.6 Å². The Morgan fingerprint density at radius 1 is 1.39 bits per heavy atom. The molecule has 1 heterocycles. The SMILES string of the molecule is COC(=O)c1cc(N)c(SCc2ccccc2)s1. The molecule has 0 saturated carbocycles. The van der Waals surface area contributed by atoms with Crippen molar-refractivity contribution in [1.82, 2.24) is 0 Å². The van der Waals surface area contributed by atoms with Crippen LogP contribution in [-0.4, -0.2) is 13.1 Å². The molecule has 1 aromatic carbocycles. The number of benzene rings is 1. The number of ether oxygens (including phenoxy) is 1. The summed E-state index contributed by atoms with van der Waals surface area (Å²) in [5.41, 5.74) is 7.75. The fraction of sp³-hybridized carbons (Fsp3) is 0.154. The number of hydrogen-bond acceptors (Lipinski definition) is 5. The van der Waals surface area contributed by atoms with E-state index < -0.39 is 0 Å². The number of nitrogen functional groups attached to an aromatic ring is 1. The normalized spacial score (nSPS) is 10.3. The van der Waals surface area contributed by atoms with Gasteiger partial charge < -0.3 is 10.5 Å². The quantitative estimate of drug-likeness (QED) is 0.688. The molecule has 5 heteroatoms. The van der Waals surface area contributed by atoms with E-state index in [2.05, 4.69) is 16.9 Å². The van der Waals surface area contributed by atoms with Crippen molar-refractivity contribution < 1.29 is 9.53 Å². The van der Waals surface area contributed by atoms with E-state index >= 15 is 0 Å². The minimum Gasteiger partial charge on any atom is -0.465 e. The lowest BCUT2D eigenvalue weighted by Gasteiger charge is -2.00. The molecule has 0 amide bonds. The van der Waals surface area contributed by atoms with Gasteiger partial charge in [0, 0.05) is 5.75 Å². The van der Waals surface area contributed by atoms with Crippen molar-refractivity contribution in [3.63, 3.8) is 0 Å². The Morgan fingerprint density at radius 3 is 2.78 bits per heavy atom. The monoisotopic (exact) mass is 279 g/mol. The Morgan fingerprint density at radius 2 is 2.11 bits per heavy atom. The summed E-state index contributed by atoms with van der Waals surface area (Å²) in [7, 11) is 1.37. The number of thioether (sulfide) groups is 1. The molecule has 0 atom stereocenters. The van der Waals surface area contributed by atoms with Gasteiger partial charge in [-0.2, -0.15) is 0 Å². The summed E-state index contributed by atoms with van der Waals surface area (Å²) in [6.07, 6.45) is 0. The van der Waals surface area contributed by atoms with E-state index in [0.717, 1.165) is 9.96 Å². The largest absolute Gasteiger partial charge is 0.465 e. The highest BCUT2D eigenvalue weighted by molar-refractivity contribution is 8.00. The van der Waals surface area contributed by atoms with Crippen molar-refractivity contribution in [2.45, 2.75) is 9.96 Å². The number of thiophene rings is 1. The summed E-state index contributed by atoms with van der Waals surface area (Å²) in [4.78, 5) is 11.9. The van der Waals surface area contributed by atoms with Crippen LogP contribution >= 0.6 is 23.1 Å². The molecule has 0 fully saturated rings. The summed E-state index contributed by atoms with van der Waals surface area (Å²) in [6.45, 7) is 0. The van der Waals surface area contributed by atoms with Crippen molar-refractivity contribution in [2.24, 2.45) is 0 Å². The van der Waals surface area contributed by atoms with E-state index in [1.54, 1.807) is 17.8 Å². The standard InChI is InChI=1S/C13H13NO2S2/c1-16-12(15)11-7-10(14)13(18-11)17-8-9-5-3-2-4-6-9/h2-7H,8,14H2,1H3. The van der Waals surface area contributed by atoms with Crippen LogP contribution in [0.5, 0.6) is 0 Å². The van der Waals surface area contributed by atoms with Gasteiger partial charge in [-0.25, -0.2) is 4.79 Å². The first-order valence-corrected chi connectivity index (χ1v) is 7.15. The number of esters is 1. The molecule has 0 saturated heterocycles. The van der Waals surface area contributed by atoms with Crippen LogP contribution in [0.3, 0.4) is 0 Å². The van der Waals surface area contributed by atoms with Crippen molar-refractivity contribution >= 4 is 34.8 Å². The van der Waals surface area contributed by atoms with Gasteiger partial charge in [0.05, 0.1) is 17.0 Å². The van der Waals surface area contributed by atoms with Crippen LogP contribution in [0, 0.1) is 0 Å². The predicted molar refractivity (Wildman–Crippen MR) is 76.1 cm³/mol. The Hall–Kier alpha value is -1.46. The molecule has 0 unspecified atom stereocenters. The highest BCUT2D eigenvalue weighted by atomic mass is 32.2. The van der Waals surface area contributed by atoms with Gasteiger partial charge in [0.15, 0.2) is 0 Å². The van der Waals surface area contributed by atoms with E-state index in [4.69, 9.17) is 5.73 Å². The van der Waals surface area contributed by atoms with Crippen molar-refractivity contribution in [3.8, 4) is 0 Å². The van der Waals surface area contributed by atoms with E-state index in [1.165, 1.54) is 24.0 Å². The maximum atomic E-state index is 11.4. The minimum absolute atomic E-state index is 0.335. The average molecular weight is 279 g/mol. The van der Waals surface area contributed by atoms with Gasteiger partial charge in [-0.15, -0.1) is 23.1 Å². The van der Waals surface area contributed by atoms with Gasteiger partial charge in [0.25, 0.3) is 0 Å². The molecular weight excluding hydrogens is 266 g/mol. The fourth-order valence-corrected chi connectivity index (χ4v) is 3.55. The summed E-state index contributed by atoms with van der Waals surface area (Å²) >= 11 is 3.01. The third-order valence-electron chi connectivity index (χ3n) is 2.32. The van der Waals surface area contributed by atoms with Gasteiger partial charge in [0.1, 0.15) is 4.88 Å². The van der Waals surface area contributed by atoms with Crippen LogP contribution in [0.1, 0.15) is 15.2 Å². The second-order valence-electron chi connectivity index (χ2n) is 3.62. The average Bonchev–Trinajstić information content (AvgIpc) is 2.78. The lowest BCUT2D eigenvalue weighted by Crippen LogP contribution is -1.97.